The largest absolute Gasteiger partial charge is 0.463 e. The van der Waals surface area contributed by atoms with Crippen LogP contribution in [0.25, 0.3) is 10.9 Å². The maximum atomic E-state index is 9.47. The first kappa shape index (κ1) is 12.7. The highest BCUT2D eigenvalue weighted by Crippen LogP contribution is 2.43. The van der Waals surface area contributed by atoms with Crippen LogP contribution in [0, 0.1) is 18.3 Å². The zero-order chi connectivity index (χ0) is 15.1. The fourth-order valence-corrected chi connectivity index (χ4v) is 3.03. The van der Waals surface area contributed by atoms with Gasteiger partial charge in [0.15, 0.2) is 0 Å². The van der Waals surface area contributed by atoms with Crippen LogP contribution in [-0.4, -0.2) is 9.97 Å². The topological polar surface area (TPSA) is 61.7 Å². The normalized spacial score (nSPS) is 16.5. The van der Waals surface area contributed by atoms with Crippen molar-refractivity contribution in [2.75, 3.05) is 0 Å². The van der Waals surface area contributed by atoms with Crippen molar-refractivity contribution in [1.29, 1.82) is 5.26 Å². The van der Waals surface area contributed by atoms with Crippen molar-refractivity contribution in [2.45, 2.75) is 12.8 Å². The Kier molecular flexibility index (Phi) is 2.73. The molecule has 0 saturated heterocycles. The van der Waals surface area contributed by atoms with Crippen LogP contribution >= 0.6 is 0 Å². The van der Waals surface area contributed by atoms with Gasteiger partial charge in [-0.1, -0.05) is 12.1 Å². The molecule has 0 amide bonds. The van der Waals surface area contributed by atoms with Crippen molar-refractivity contribution in [3.8, 4) is 11.8 Å². The molecule has 3 heterocycles. The van der Waals surface area contributed by atoms with Crippen LogP contribution in [0.4, 0.5) is 0 Å². The number of ether oxygens (including phenoxy) is 1. The third-order valence-corrected chi connectivity index (χ3v) is 4.00. The number of aromatic nitrogens is 2. The highest BCUT2D eigenvalue weighted by Gasteiger charge is 2.28. The van der Waals surface area contributed by atoms with E-state index >= 15 is 0 Å². The zero-order valence-electron chi connectivity index (χ0n) is 12.0. The van der Waals surface area contributed by atoms with E-state index in [9.17, 15) is 5.26 Å². The van der Waals surface area contributed by atoms with Gasteiger partial charge in [-0.3, -0.25) is 4.98 Å². The third kappa shape index (κ3) is 1.80. The van der Waals surface area contributed by atoms with Crippen LogP contribution in [0.1, 0.15) is 22.6 Å². The second kappa shape index (κ2) is 4.74. The van der Waals surface area contributed by atoms with Crippen LogP contribution in [0.2, 0.25) is 0 Å². The summed E-state index contributed by atoms with van der Waals surface area (Å²) in [5, 5.41) is 10.5. The Hall–Kier alpha value is -3.06. The van der Waals surface area contributed by atoms with Gasteiger partial charge in [0.05, 0.1) is 17.6 Å². The van der Waals surface area contributed by atoms with E-state index in [4.69, 9.17) is 4.74 Å². The Labute approximate surface area is 127 Å². The number of hydrogen-bond donors (Lipinski definition) is 1. The molecule has 0 fully saturated rings. The van der Waals surface area contributed by atoms with Crippen LogP contribution in [0.3, 0.4) is 0 Å². The van der Waals surface area contributed by atoms with E-state index in [2.05, 4.69) is 22.1 Å². The number of nitrogens with zero attached hydrogens (tertiary/aromatic N) is 2. The number of aryl methyl sites for hydroxylation is 1. The van der Waals surface area contributed by atoms with E-state index in [0.29, 0.717) is 5.57 Å². The smallest absolute Gasteiger partial charge is 0.140 e. The highest BCUT2D eigenvalue weighted by atomic mass is 16.5. The van der Waals surface area contributed by atoms with Crippen molar-refractivity contribution in [1.82, 2.24) is 9.97 Å². The predicted octanol–water partition coefficient (Wildman–Crippen LogP) is 3.80. The van der Waals surface area contributed by atoms with Crippen molar-refractivity contribution >= 4 is 10.9 Å². The van der Waals surface area contributed by atoms with Gasteiger partial charge in [-0.05, 0) is 30.2 Å². The molecular weight excluding hydrogens is 274 g/mol. The van der Waals surface area contributed by atoms with Gasteiger partial charge in [0.25, 0.3) is 0 Å². The molecule has 1 aromatic carbocycles. The van der Waals surface area contributed by atoms with Gasteiger partial charge in [-0.15, -0.1) is 0 Å². The molecule has 1 aliphatic heterocycles. The maximum Gasteiger partial charge on any atom is 0.140 e. The molecule has 3 aromatic rings. The van der Waals surface area contributed by atoms with Crippen LogP contribution in [0.5, 0.6) is 5.75 Å². The second-order valence-corrected chi connectivity index (χ2v) is 5.45. The van der Waals surface area contributed by atoms with Gasteiger partial charge in [-0.2, -0.15) is 5.26 Å². The Bertz CT molecular complexity index is 946. The van der Waals surface area contributed by atoms with E-state index in [1.165, 1.54) is 0 Å². The minimum Gasteiger partial charge on any atom is -0.463 e. The van der Waals surface area contributed by atoms with Crippen molar-refractivity contribution < 1.29 is 4.74 Å². The number of nitriles is 1. The van der Waals surface area contributed by atoms with Gasteiger partial charge in [0.1, 0.15) is 12.0 Å². The molecule has 4 rings (SSSR count). The molecule has 106 valence electrons. The first-order valence-corrected chi connectivity index (χ1v) is 7.06. The summed E-state index contributed by atoms with van der Waals surface area (Å²) in [6.45, 7) is 2.00. The van der Waals surface area contributed by atoms with Crippen molar-refractivity contribution in [3.05, 3.63) is 71.4 Å². The van der Waals surface area contributed by atoms with Gasteiger partial charge in [-0.25, -0.2) is 0 Å². The number of fused-ring (bicyclic) bond motifs is 3. The lowest BCUT2D eigenvalue weighted by Gasteiger charge is -2.24. The molecule has 1 atom stereocenters. The van der Waals surface area contributed by atoms with Crippen molar-refractivity contribution in [2.24, 2.45) is 0 Å². The molecule has 1 N–H and O–H groups in total. The van der Waals surface area contributed by atoms with Crippen molar-refractivity contribution in [3.63, 3.8) is 0 Å². The molecular formula is C18H13N3O. The summed E-state index contributed by atoms with van der Waals surface area (Å²) in [7, 11) is 0. The van der Waals surface area contributed by atoms with E-state index < -0.39 is 0 Å². The number of allylic oxidation sites excluding steroid dienone is 1. The van der Waals surface area contributed by atoms with Gasteiger partial charge in [0.2, 0.25) is 0 Å². The zero-order valence-corrected chi connectivity index (χ0v) is 12.0. The van der Waals surface area contributed by atoms with Gasteiger partial charge < -0.3 is 9.72 Å². The Balaban J connectivity index is 1.98. The lowest BCUT2D eigenvalue weighted by atomic mass is 9.84. The number of nitrogens with one attached hydrogen (secondary N) is 1. The molecule has 22 heavy (non-hydrogen) atoms. The summed E-state index contributed by atoms with van der Waals surface area (Å²) < 4.78 is 5.76. The van der Waals surface area contributed by atoms with E-state index in [1.54, 1.807) is 6.26 Å². The second-order valence-electron chi connectivity index (χ2n) is 5.45. The minimum atomic E-state index is -0.138. The van der Waals surface area contributed by atoms with Gasteiger partial charge >= 0.3 is 0 Å². The lowest BCUT2D eigenvalue weighted by Crippen LogP contribution is -2.12. The summed E-state index contributed by atoms with van der Waals surface area (Å²) in [5.74, 6) is 0.671. The fraction of sp³-hybridized carbons (Fsp3) is 0.111. The minimum absolute atomic E-state index is 0.138. The first-order valence-electron chi connectivity index (χ1n) is 7.06. The quantitative estimate of drug-likeness (QED) is 0.740. The van der Waals surface area contributed by atoms with Crippen LogP contribution in [0.15, 0.2) is 54.7 Å². The monoisotopic (exact) mass is 287 g/mol. The standard InChI is InChI=1S/C18H13N3O/c1-11-6-12(9-20-8-11)17-13(7-19)10-22-18-14-4-5-21-16(14)3-2-15(17)18/h2-6,8-10,17,21H,1H3. The number of pyridine rings is 1. The Morgan fingerprint density at radius 2 is 2.18 bits per heavy atom. The van der Waals surface area contributed by atoms with E-state index in [0.717, 1.165) is 33.3 Å². The first-order chi connectivity index (χ1) is 10.8. The Morgan fingerprint density at radius 1 is 1.27 bits per heavy atom. The number of hydrogen-bond acceptors (Lipinski definition) is 3. The van der Waals surface area contributed by atoms with Crippen LogP contribution in [-0.2, 0) is 0 Å². The average molecular weight is 287 g/mol. The van der Waals surface area contributed by atoms with E-state index in [1.807, 2.05) is 43.7 Å². The van der Waals surface area contributed by atoms with Crippen LogP contribution < -0.4 is 4.74 Å². The number of H-pyrrole nitrogens is 1. The SMILES string of the molecule is Cc1cncc(C2C(C#N)=COc3c2ccc2[nH]ccc32)c1. The molecule has 0 saturated carbocycles. The van der Waals surface area contributed by atoms with E-state index in [-0.39, 0.29) is 5.92 Å². The number of benzene rings is 1. The molecule has 4 heteroatoms. The summed E-state index contributed by atoms with van der Waals surface area (Å²) in [5.41, 5.74) is 4.69. The average Bonchev–Trinajstić information content (AvgIpc) is 3.02. The molecule has 0 spiro atoms. The predicted molar refractivity (Wildman–Crippen MR) is 83.4 cm³/mol. The summed E-state index contributed by atoms with van der Waals surface area (Å²) in [4.78, 5) is 7.45. The molecule has 0 radical (unpaired) electrons. The third-order valence-electron chi connectivity index (χ3n) is 4.00. The Morgan fingerprint density at radius 3 is 3.00 bits per heavy atom. The summed E-state index contributed by atoms with van der Waals surface area (Å²) in [6, 6.07) is 10.4. The summed E-state index contributed by atoms with van der Waals surface area (Å²) in [6.07, 6.45) is 7.08. The molecule has 0 bridgehead atoms. The lowest BCUT2D eigenvalue weighted by molar-refractivity contribution is 0.459. The molecule has 2 aromatic heterocycles. The maximum absolute atomic E-state index is 9.47. The van der Waals surface area contributed by atoms with Gasteiger partial charge in [0, 0.05) is 35.1 Å². The molecule has 4 nitrogen and oxygen atoms in total. The highest BCUT2D eigenvalue weighted by molar-refractivity contribution is 5.88. The number of rotatable bonds is 1. The molecule has 1 aliphatic rings. The fourth-order valence-electron chi connectivity index (χ4n) is 3.03. The number of aromatic amines is 1. The molecule has 1 unspecified atom stereocenters. The molecule has 0 aliphatic carbocycles. The summed E-state index contributed by atoms with van der Waals surface area (Å²) >= 11 is 0.